The third kappa shape index (κ3) is 3.45. The van der Waals surface area contributed by atoms with Crippen molar-refractivity contribution in [2.24, 2.45) is 0 Å². The molecule has 2 aromatic rings. The van der Waals surface area contributed by atoms with Gasteiger partial charge >= 0.3 is 5.97 Å². The van der Waals surface area contributed by atoms with Crippen LogP contribution in [0.5, 0.6) is 0 Å². The second kappa shape index (κ2) is 6.17. The number of aliphatic carboxylic acids is 1. The van der Waals surface area contributed by atoms with Crippen molar-refractivity contribution in [3.05, 3.63) is 75.3 Å². The number of para-hydroxylation sites is 1. The maximum atomic E-state index is 11.5. The molecule has 0 aliphatic heterocycles. The van der Waals surface area contributed by atoms with Gasteiger partial charge in [-0.3, -0.25) is 14.9 Å². The molecule has 0 saturated carbocycles. The summed E-state index contributed by atoms with van der Waals surface area (Å²) >= 11 is 0. The van der Waals surface area contributed by atoms with E-state index in [0.29, 0.717) is 0 Å². The minimum Gasteiger partial charge on any atom is -0.481 e. The van der Waals surface area contributed by atoms with Gasteiger partial charge in [-0.2, -0.15) is 0 Å². The van der Waals surface area contributed by atoms with Crippen molar-refractivity contribution in [1.29, 1.82) is 0 Å². The van der Waals surface area contributed by atoms with Gasteiger partial charge in [0.15, 0.2) is 0 Å². The maximum absolute atomic E-state index is 11.5. The Morgan fingerprint density at radius 3 is 2.38 bits per heavy atom. The summed E-state index contributed by atoms with van der Waals surface area (Å²) in [6, 6.07) is 13.5. The summed E-state index contributed by atoms with van der Waals surface area (Å²) in [6.07, 6.45) is 0.223. The van der Waals surface area contributed by atoms with E-state index in [0.717, 1.165) is 11.1 Å². The first-order chi connectivity index (χ1) is 9.99. The van der Waals surface area contributed by atoms with Gasteiger partial charge < -0.3 is 5.11 Å². The Morgan fingerprint density at radius 2 is 1.81 bits per heavy atom. The van der Waals surface area contributed by atoms with Gasteiger partial charge in [-0.05, 0) is 18.9 Å². The molecule has 5 heteroatoms. The third-order valence-electron chi connectivity index (χ3n) is 3.37. The Labute approximate surface area is 122 Å². The lowest BCUT2D eigenvalue weighted by Gasteiger charge is -2.13. The van der Waals surface area contributed by atoms with Crippen LogP contribution in [0.1, 0.15) is 22.6 Å². The van der Waals surface area contributed by atoms with E-state index in [4.69, 9.17) is 0 Å². The normalized spacial score (nSPS) is 11.9. The summed E-state index contributed by atoms with van der Waals surface area (Å²) in [7, 11) is 0. The van der Waals surface area contributed by atoms with Gasteiger partial charge in [-0.25, -0.2) is 0 Å². The fourth-order valence-electron chi connectivity index (χ4n) is 2.24. The first-order valence-corrected chi connectivity index (χ1v) is 6.50. The van der Waals surface area contributed by atoms with E-state index in [9.17, 15) is 20.0 Å². The molecule has 0 amide bonds. The van der Waals surface area contributed by atoms with E-state index in [1.165, 1.54) is 18.2 Å². The number of hydrogen-bond donors (Lipinski definition) is 1. The van der Waals surface area contributed by atoms with Crippen molar-refractivity contribution in [2.75, 3.05) is 0 Å². The summed E-state index contributed by atoms with van der Waals surface area (Å²) in [5.74, 6) is -2.00. The van der Waals surface area contributed by atoms with E-state index in [-0.39, 0.29) is 17.7 Å². The van der Waals surface area contributed by atoms with Crippen LogP contribution < -0.4 is 0 Å². The zero-order chi connectivity index (χ0) is 15.4. The average molecular weight is 285 g/mol. The van der Waals surface area contributed by atoms with Gasteiger partial charge in [-0.1, -0.05) is 48.0 Å². The lowest BCUT2D eigenvalue weighted by molar-refractivity contribution is -0.385. The maximum Gasteiger partial charge on any atom is 0.311 e. The Morgan fingerprint density at radius 1 is 1.19 bits per heavy atom. The lowest BCUT2D eigenvalue weighted by Crippen LogP contribution is -2.16. The monoisotopic (exact) mass is 285 g/mol. The minimum atomic E-state index is -1.06. The predicted octanol–water partition coefficient (Wildman–Crippen LogP) is 3.31. The molecule has 1 unspecified atom stereocenters. The number of nitrogens with zero attached hydrogens (tertiary/aromatic N) is 1. The molecule has 0 saturated heterocycles. The average Bonchev–Trinajstić information content (AvgIpc) is 2.46. The Balaban J connectivity index is 2.38. The van der Waals surface area contributed by atoms with Crippen molar-refractivity contribution in [3.63, 3.8) is 0 Å². The molecule has 0 fully saturated rings. The van der Waals surface area contributed by atoms with Crippen LogP contribution in [0.3, 0.4) is 0 Å². The van der Waals surface area contributed by atoms with Crippen LogP contribution in [-0.2, 0) is 11.2 Å². The zero-order valence-corrected chi connectivity index (χ0v) is 11.5. The van der Waals surface area contributed by atoms with Crippen LogP contribution in [-0.4, -0.2) is 16.0 Å². The predicted molar refractivity (Wildman–Crippen MR) is 78.4 cm³/mol. The first kappa shape index (κ1) is 14.7. The van der Waals surface area contributed by atoms with Crippen LogP contribution in [0.15, 0.2) is 48.5 Å². The van der Waals surface area contributed by atoms with Gasteiger partial charge in [0.25, 0.3) is 5.69 Å². The topological polar surface area (TPSA) is 80.4 Å². The van der Waals surface area contributed by atoms with Crippen molar-refractivity contribution in [1.82, 2.24) is 0 Å². The Bertz CT molecular complexity index is 664. The van der Waals surface area contributed by atoms with E-state index in [2.05, 4.69) is 0 Å². The van der Waals surface area contributed by atoms with E-state index in [1.54, 1.807) is 6.07 Å². The van der Waals surface area contributed by atoms with Crippen LogP contribution in [0.25, 0.3) is 0 Å². The van der Waals surface area contributed by atoms with Crippen molar-refractivity contribution >= 4 is 11.7 Å². The molecule has 1 atom stereocenters. The minimum absolute atomic E-state index is 0.156. The number of benzene rings is 2. The van der Waals surface area contributed by atoms with Crippen LogP contribution in [0.2, 0.25) is 0 Å². The molecule has 0 bridgehead atoms. The number of nitro benzene ring substituents is 1. The summed E-state index contributed by atoms with van der Waals surface area (Å²) in [5.41, 5.74) is 2.00. The van der Waals surface area contributed by atoms with E-state index in [1.807, 2.05) is 31.2 Å². The molecule has 5 nitrogen and oxygen atoms in total. The number of carbonyl (C=O) groups is 1. The molecule has 0 aliphatic carbocycles. The first-order valence-electron chi connectivity index (χ1n) is 6.50. The molecule has 2 aromatic carbocycles. The van der Waals surface area contributed by atoms with Gasteiger partial charge in [-0.15, -0.1) is 0 Å². The largest absolute Gasteiger partial charge is 0.481 e. The quantitative estimate of drug-likeness (QED) is 0.675. The number of carboxylic acids is 1. The van der Waals surface area contributed by atoms with E-state index < -0.39 is 16.8 Å². The van der Waals surface area contributed by atoms with Crippen molar-refractivity contribution in [3.8, 4) is 0 Å². The third-order valence-corrected chi connectivity index (χ3v) is 3.37. The number of rotatable bonds is 5. The second-order valence-corrected chi connectivity index (χ2v) is 4.90. The van der Waals surface area contributed by atoms with Crippen LogP contribution in [0, 0.1) is 17.0 Å². The zero-order valence-electron chi connectivity index (χ0n) is 11.5. The number of aryl methyl sites for hydroxylation is 1. The summed E-state index contributed by atoms with van der Waals surface area (Å²) in [6.45, 7) is 1.94. The van der Waals surface area contributed by atoms with Crippen LogP contribution >= 0.6 is 0 Å². The molecule has 0 heterocycles. The molecule has 2 rings (SSSR count). The molecule has 0 aromatic heterocycles. The van der Waals surface area contributed by atoms with Crippen LogP contribution in [0.4, 0.5) is 5.69 Å². The number of nitro groups is 1. The Hall–Kier alpha value is -2.69. The molecule has 21 heavy (non-hydrogen) atoms. The van der Waals surface area contributed by atoms with E-state index >= 15 is 0 Å². The highest BCUT2D eigenvalue weighted by Crippen LogP contribution is 2.29. The molecule has 0 radical (unpaired) electrons. The standard InChI is InChI=1S/C16H15NO4/c1-11-6-8-12(9-7-11)10-14(16(18)19)13-4-2-3-5-15(13)17(20)21/h2-9,14H,10H2,1H3,(H,18,19). The fourth-order valence-corrected chi connectivity index (χ4v) is 2.24. The fraction of sp³-hybridized carbons (Fsp3) is 0.188. The molecule has 108 valence electrons. The smallest absolute Gasteiger partial charge is 0.311 e. The molecule has 1 N–H and O–H groups in total. The second-order valence-electron chi connectivity index (χ2n) is 4.90. The SMILES string of the molecule is Cc1ccc(CC(C(=O)O)c2ccccc2[N+](=O)[O-])cc1. The van der Waals surface area contributed by atoms with Gasteiger partial charge in [0, 0.05) is 11.6 Å². The summed E-state index contributed by atoms with van der Waals surface area (Å²) in [4.78, 5) is 22.0. The summed E-state index contributed by atoms with van der Waals surface area (Å²) in [5, 5.41) is 20.5. The van der Waals surface area contributed by atoms with Crippen molar-refractivity contribution in [2.45, 2.75) is 19.3 Å². The highest BCUT2D eigenvalue weighted by molar-refractivity contribution is 5.78. The lowest BCUT2D eigenvalue weighted by atomic mass is 9.90. The molecule has 0 spiro atoms. The number of carboxylic acid groups (broad SMARTS) is 1. The highest BCUT2D eigenvalue weighted by Gasteiger charge is 2.27. The number of hydrogen-bond acceptors (Lipinski definition) is 3. The van der Waals surface area contributed by atoms with Gasteiger partial charge in [0.2, 0.25) is 0 Å². The molecule has 0 aliphatic rings. The van der Waals surface area contributed by atoms with Gasteiger partial charge in [0.05, 0.1) is 10.8 Å². The van der Waals surface area contributed by atoms with Gasteiger partial charge in [0.1, 0.15) is 0 Å². The molecular formula is C16H15NO4. The highest BCUT2D eigenvalue weighted by atomic mass is 16.6. The summed E-state index contributed by atoms with van der Waals surface area (Å²) < 4.78 is 0. The molecular weight excluding hydrogens is 270 g/mol. The van der Waals surface area contributed by atoms with Crippen molar-refractivity contribution < 1.29 is 14.8 Å². The Kier molecular flexibility index (Phi) is 4.33.